The van der Waals surface area contributed by atoms with E-state index in [4.69, 9.17) is 4.74 Å². The highest BCUT2D eigenvalue weighted by Crippen LogP contribution is 2.29. The van der Waals surface area contributed by atoms with Gasteiger partial charge in [-0.1, -0.05) is 12.8 Å². The standard InChI is InChI=1S/C12H22N2O2/c1-12(5-3-4-6-12)14-11(15)9-7-16-8-10(9)13-2/h9-10,13H,3-8H2,1-2H3,(H,14,15). The average Bonchev–Trinajstić information content (AvgIpc) is 2.85. The van der Waals surface area contributed by atoms with Crippen LogP contribution in [0.1, 0.15) is 32.6 Å². The molecule has 1 aliphatic heterocycles. The van der Waals surface area contributed by atoms with Crippen LogP contribution in [-0.4, -0.2) is 37.7 Å². The van der Waals surface area contributed by atoms with Crippen LogP contribution < -0.4 is 10.6 Å². The second-order valence-electron chi connectivity index (χ2n) is 5.30. The minimum Gasteiger partial charge on any atom is -0.379 e. The van der Waals surface area contributed by atoms with Crippen LogP contribution in [0.15, 0.2) is 0 Å². The predicted octanol–water partition coefficient (Wildman–Crippen LogP) is 0.670. The van der Waals surface area contributed by atoms with E-state index < -0.39 is 0 Å². The fraction of sp³-hybridized carbons (Fsp3) is 0.917. The van der Waals surface area contributed by atoms with Crippen LogP contribution in [0.2, 0.25) is 0 Å². The number of ether oxygens (including phenoxy) is 1. The van der Waals surface area contributed by atoms with E-state index >= 15 is 0 Å². The summed E-state index contributed by atoms with van der Waals surface area (Å²) in [5.41, 5.74) is 0.0258. The first kappa shape index (κ1) is 11.9. The average molecular weight is 226 g/mol. The molecule has 0 radical (unpaired) electrons. The SMILES string of the molecule is CNC1COCC1C(=O)NC1(C)CCCC1. The molecule has 0 aromatic rings. The molecule has 0 aromatic carbocycles. The van der Waals surface area contributed by atoms with E-state index in [2.05, 4.69) is 17.6 Å². The Bertz CT molecular complexity index is 262. The summed E-state index contributed by atoms with van der Waals surface area (Å²) in [6, 6.07) is 0.171. The molecule has 1 aliphatic carbocycles. The third-order valence-corrected chi connectivity index (χ3v) is 3.92. The van der Waals surface area contributed by atoms with Gasteiger partial charge in [-0.3, -0.25) is 4.79 Å². The van der Waals surface area contributed by atoms with Gasteiger partial charge < -0.3 is 15.4 Å². The molecule has 1 heterocycles. The van der Waals surface area contributed by atoms with E-state index in [1.165, 1.54) is 12.8 Å². The van der Waals surface area contributed by atoms with Crippen LogP contribution in [0, 0.1) is 5.92 Å². The zero-order chi connectivity index (χ0) is 11.6. The molecule has 92 valence electrons. The van der Waals surface area contributed by atoms with Crippen molar-refractivity contribution in [3.63, 3.8) is 0 Å². The third kappa shape index (κ3) is 2.38. The number of hydrogen-bond donors (Lipinski definition) is 2. The van der Waals surface area contributed by atoms with Gasteiger partial charge in [0.15, 0.2) is 0 Å². The van der Waals surface area contributed by atoms with E-state index in [-0.39, 0.29) is 23.4 Å². The summed E-state index contributed by atoms with van der Waals surface area (Å²) in [7, 11) is 1.89. The number of carbonyl (C=O) groups excluding carboxylic acids is 1. The molecule has 0 aromatic heterocycles. The Morgan fingerprint density at radius 1 is 1.31 bits per heavy atom. The van der Waals surface area contributed by atoms with E-state index in [9.17, 15) is 4.79 Å². The molecular weight excluding hydrogens is 204 g/mol. The van der Waals surface area contributed by atoms with E-state index in [1.54, 1.807) is 0 Å². The van der Waals surface area contributed by atoms with Gasteiger partial charge in [0.2, 0.25) is 5.91 Å². The Kier molecular flexibility index (Phi) is 3.50. The first-order valence-corrected chi connectivity index (χ1v) is 6.22. The summed E-state index contributed by atoms with van der Waals surface area (Å²) in [5, 5.41) is 6.35. The minimum absolute atomic E-state index is 0.0255. The molecule has 2 unspecified atom stereocenters. The maximum atomic E-state index is 12.1. The monoisotopic (exact) mass is 226 g/mol. The quantitative estimate of drug-likeness (QED) is 0.743. The molecule has 1 saturated carbocycles. The van der Waals surface area contributed by atoms with Gasteiger partial charge >= 0.3 is 0 Å². The van der Waals surface area contributed by atoms with Gasteiger partial charge in [0.05, 0.1) is 19.1 Å². The van der Waals surface area contributed by atoms with Crippen LogP contribution >= 0.6 is 0 Å². The zero-order valence-electron chi connectivity index (χ0n) is 10.2. The van der Waals surface area contributed by atoms with E-state index in [0.717, 1.165) is 12.8 Å². The molecule has 2 N–H and O–H groups in total. The van der Waals surface area contributed by atoms with Crippen molar-refractivity contribution >= 4 is 5.91 Å². The lowest BCUT2D eigenvalue weighted by Crippen LogP contribution is -2.50. The van der Waals surface area contributed by atoms with Crippen molar-refractivity contribution in [2.45, 2.75) is 44.2 Å². The Hall–Kier alpha value is -0.610. The van der Waals surface area contributed by atoms with Crippen molar-refractivity contribution in [1.29, 1.82) is 0 Å². The topological polar surface area (TPSA) is 50.4 Å². The highest BCUT2D eigenvalue weighted by Gasteiger charge is 2.37. The van der Waals surface area contributed by atoms with Crippen LogP contribution in [0.5, 0.6) is 0 Å². The minimum atomic E-state index is -0.0255. The number of nitrogens with one attached hydrogen (secondary N) is 2. The second-order valence-corrected chi connectivity index (χ2v) is 5.30. The van der Waals surface area contributed by atoms with Gasteiger partial charge in [-0.2, -0.15) is 0 Å². The maximum absolute atomic E-state index is 12.1. The summed E-state index contributed by atoms with van der Waals surface area (Å²) in [6.07, 6.45) is 4.67. The van der Waals surface area contributed by atoms with E-state index in [0.29, 0.717) is 13.2 Å². The largest absolute Gasteiger partial charge is 0.379 e. The molecule has 2 rings (SSSR count). The Morgan fingerprint density at radius 2 is 2.00 bits per heavy atom. The van der Waals surface area contributed by atoms with E-state index in [1.807, 2.05) is 7.05 Å². The fourth-order valence-electron chi connectivity index (χ4n) is 2.77. The van der Waals surface area contributed by atoms with Gasteiger partial charge in [0.1, 0.15) is 0 Å². The van der Waals surface area contributed by atoms with Crippen molar-refractivity contribution in [3.05, 3.63) is 0 Å². The van der Waals surface area contributed by atoms with Gasteiger partial charge in [0, 0.05) is 11.6 Å². The van der Waals surface area contributed by atoms with Crippen molar-refractivity contribution in [1.82, 2.24) is 10.6 Å². The Balaban J connectivity index is 1.92. The summed E-state index contributed by atoms with van der Waals surface area (Å²) >= 11 is 0. The number of likely N-dealkylation sites (N-methyl/N-ethyl adjacent to an activating group) is 1. The molecule has 0 spiro atoms. The first-order valence-electron chi connectivity index (χ1n) is 6.22. The summed E-state index contributed by atoms with van der Waals surface area (Å²) in [4.78, 5) is 12.1. The smallest absolute Gasteiger partial charge is 0.227 e. The van der Waals surface area contributed by atoms with Gasteiger partial charge in [-0.05, 0) is 26.8 Å². The molecular formula is C12H22N2O2. The molecule has 2 aliphatic rings. The number of hydrogen-bond acceptors (Lipinski definition) is 3. The van der Waals surface area contributed by atoms with Crippen LogP contribution in [0.4, 0.5) is 0 Å². The van der Waals surface area contributed by atoms with Crippen LogP contribution in [-0.2, 0) is 9.53 Å². The lowest BCUT2D eigenvalue weighted by atomic mass is 9.97. The molecule has 4 heteroatoms. The molecule has 2 atom stereocenters. The lowest BCUT2D eigenvalue weighted by Gasteiger charge is -2.28. The highest BCUT2D eigenvalue weighted by molar-refractivity contribution is 5.80. The molecule has 1 saturated heterocycles. The molecule has 1 amide bonds. The van der Waals surface area contributed by atoms with Gasteiger partial charge in [-0.15, -0.1) is 0 Å². The number of amides is 1. The van der Waals surface area contributed by atoms with Crippen LogP contribution in [0.25, 0.3) is 0 Å². The molecule has 0 bridgehead atoms. The van der Waals surface area contributed by atoms with Gasteiger partial charge in [0.25, 0.3) is 0 Å². The zero-order valence-corrected chi connectivity index (χ0v) is 10.2. The fourth-order valence-corrected chi connectivity index (χ4v) is 2.77. The van der Waals surface area contributed by atoms with Crippen molar-refractivity contribution < 1.29 is 9.53 Å². The third-order valence-electron chi connectivity index (χ3n) is 3.92. The number of carbonyl (C=O) groups is 1. The first-order chi connectivity index (χ1) is 7.64. The Morgan fingerprint density at radius 3 is 2.62 bits per heavy atom. The number of rotatable bonds is 3. The Labute approximate surface area is 97.1 Å². The molecule has 4 nitrogen and oxygen atoms in total. The normalized spacial score (nSPS) is 32.9. The second kappa shape index (κ2) is 4.72. The lowest BCUT2D eigenvalue weighted by molar-refractivity contribution is -0.127. The molecule has 2 fully saturated rings. The van der Waals surface area contributed by atoms with Crippen molar-refractivity contribution in [3.8, 4) is 0 Å². The van der Waals surface area contributed by atoms with Crippen molar-refractivity contribution in [2.75, 3.05) is 20.3 Å². The van der Waals surface area contributed by atoms with Crippen LogP contribution in [0.3, 0.4) is 0 Å². The highest BCUT2D eigenvalue weighted by atomic mass is 16.5. The summed E-state index contributed by atoms with van der Waals surface area (Å²) < 4.78 is 5.36. The maximum Gasteiger partial charge on any atom is 0.227 e. The van der Waals surface area contributed by atoms with Gasteiger partial charge in [-0.25, -0.2) is 0 Å². The summed E-state index contributed by atoms with van der Waals surface area (Å²) in [6.45, 7) is 3.35. The molecule has 16 heavy (non-hydrogen) atoms. The summed E-state index contributed by atoms with van der Waals surface area (Å²) in [5.74, 6) is 0.128. The van der Waals surface area contributed by atoms with Crippen molar-refractivity contribution in [2.24, 2.45) is 5.92 Å². The predicted molar refractivity (Wildman–Crippen MR) is 62.2 cm³/mol.